The van der Waals surface area contributed by atoms with E-state index in [4.69, 9.17) is 8.83 Å². The molecule has 4 aliphatic carbocycles. The maximum Gasteiger partial charge on any atom is 0.139 e. The molecule has 2 heterocycles. The summed E-state index contributed by atoms with van der Waals surface area (Å²) in [5.41, 5.74) is 17.9. The second kappa shape index (κ2) is 15.2. The number of hydrogen-bond donors (Lipinski definition) is 0. The van der Waals surface area contributed by atoms with E-state index in [1.54, 1.807) is 0 Å². The van der Waals surface area contributed by atoms with E-state index in [1.807, 2.05) is 36.4 Å². The molecule has 0 spiro atoms. The normalized spacial score (nSPS) is 22.1. The fourth-order valence-electron chi connectivity index (χ4n) is 9.74. The Morgan fingerprint density at radius 3 is 1.74 bits per heavy atom. The molecule has 300 valence electrons. The third-order valence-electron chi connectivity index (χ3n) is 13.0. The molecule has 0 atom stereocenters. The van der Waals surface area contributed by atoms with Gasteiger partial charge in [-0.1, -0.05) is 193 Å². The molecule has 4 aromatic carbocycles. The Balaban J connectivity index is 0.988. The second-order valence-corrected chi connectivity index (χ2v) is 17.3. The lowest BCUT2D eigenvalue weighted by molar-refractivity contribution is 0.601. The van der Waals surface area contributed by atoms with Crippen molar-refractivity contribution >= 4 is 61.8 Å². The first kappa shape index (κ1) is 38.8. The number of hydrogen-bond acceptors (Lipinski definition) is 2. The lowest BCUT2D eigenvalue weighted by Gasteiger charge is -2.23. The van der Waals surface area contributed by atoms with E-state index < -0.39 is 0 Å². The molecule has 4 aliphatic rings. The highest BCUT2D eigenvalue weighted by Crippen LogP contribution is 2.50. The minimum absolute atomic E-state index is 0.164. The van der Waals surface area contributed by atoms with E-state index in [0.29, 0.717) is 0 Å². The number of benzene rings is 4. The van der Waals surface area contributed by atoms with Gasteiger partial charge in [0, 0.05) is 38.6 Å². The topological polar surface area (TPSA) is 26.3 Å². The van der Waals surface area contributed by atoms with Gasteiger partial charge >= 0.3 is 0 Å². The quantitative estimate of drug-likeness (QED) is 0.166. The summed E-state index contributed by atoms with van der Waals surface area (Å²) in [6.07, 6.45) is 44.1. The summed E-state index contributed by atoms with van der Waals surface area (Å²) in [5.74, 6) is 0.808. The van der Waals surface area contributed by atoms with Gasteiger partial charge in [0.25, 0.3) is 0 Å². The van der Waals surface area contributed by atoms with Crippen LogP contribution in [0.25, 0.3) is 72.9 Å². The molecule has 2 heteroatoms. The van der Waals surface area contributed by atoms with Crippen LogP contribution in [-0.4, -0.2) is 0 Å². The van der Waals surface area contributed by atoms with E-state index >= 15 is 0 Å². The minimum Gasteiger partial charge on any atom is -0.456 e. The summed E-state index contributed by atoms with van der Waals surface area (Å²) < 4.78 is 13.2. The largest absolute Gasteiger partial charge is 0.456 e. The summed E-state index contributed by atoms with van der Waals surface area (Å²) in [7, 11) is 0. The van der Waals surface area contributed by atoms with Crippen molar-refractivity contribution in [2.45, 2.75) is 38.5 Å². The van der Waals surface area contributed by atoms with Crippen LogP contribution in [0, 0.1) is 0 Å². The molecule has 0 amide bonds. The molecule has 0 saturated carbocycles. The number of furan rings is 2. The van der Waals surface area contributed by atoms with Crippen LogP contribution < -0.4 is 0 Å². The maximum absolute atomic E-state index is 6.61. The van der Waals surface area contributed by atoms with Gasteiger partial charge in [-0.05, 0) is 103 Å². The van der Waals surface area contributed by atoms with Gasteiger partial charge in [0.05, 0.1) is 0 Å². The van der Waals surface area contributed by atoms with Crippen molar-refractivity contribution in [3.8, 4) is 11.1 Å². The van der Waals surface area contributed by atoms with Gasteiger partial charge in [0.2, 0.25) is 0 Å². The molecule has 10 rings (SSSR count). The van der Waals surface area contributed by atoms with E-state index in [-0.39, 0.29) is 10.8 Å². The van der Waals surface area contributed by atoms with Gasteiger partial charge < -0.3 is 8.83 Å². The van der Waals surface area contributed by atoms with Crippen molar-refractivity contribution in [3.05, 3.63) is 246 Å². The first-order chi connectivity index (χ1) is 30.2. The Labute approximate surface area is 364 Å². The van der Waals surface area contributed by atoms with Crippen LogP contribution in [0.5, 0.6) is 0 Å². The van der Waals surface area contributed by atoms with Crippen LogP contribution in [0.1, 0.15) is 66.8 Å². The summed E-state index contributed by atoms with van der Waals surface area (Å²) >= 11 is 0. The number of rotatable bonds is 4. The molecule has 0 fully saturated rings. The molecular weight excluding hydrogens is 753 g/mol. The van der Waals surface area contributed by atoms with E-state index in [2.05, 4.69) is 199 Å². The van der Waals surface area contributed by atoms with E-state index in [9.17, 15) is 0 Å². The summed E-state index contributed by atoms with van der Waals surface area (Å²) in [5, 5.41) is 3.20. The van der Waals surface area contributed by atoms with Crippen molar-refractivity contribution in [1.82, 2.24) is 0 Å². The predicted molar refractivity (Wildman–Crippen MR) is 266 cm³/mol. The maximum atomic E-state index is 6.61. The van der Waals surface area contributed by atoms with Crippen LogP contribution in [0.15, 0.2) is 215 Å². The molecule has 0 radical (unpaired) electrons. The van der Waals surface area contributed by atoms with Crippen molar-refractivity contribution < 1.29 is 8.83 Å². The molecule has 0 aliphatic heterocycles. The highest BCUT2D eigenvalue weighted by atomic mass is 16.3. The fourth-order valence-corrected chi connectivity index (χ4v) is 9.74. The lowest BCUT2D eigenvalue weighted by atomic mass is 9.80. The standard InChI is InChI=1S/C60H48O2/c1-7-21-39(8-2)40-28-31-45-44-23-17-18-24-47-49-37-50-48-33-30-42(41-29-32-46-43-22-15-13-11-9-10-12-14-16-25-51(43)59(3,4)54(46)35-41)36-56(48)62-58(50)38-57(49)61-55(47)27-20-19-26-52(44)60(5,6)53(45)34-40/h7-38H,1-2H2,3-6H3/b10-9-,11-9?,12-10?,13-11-,14-12+,15-13?,16-14?,18-17?,20-19?,22-15-,23-17-,24-18-,25-16+,26-19+,27-20+,39-21+,43-22?,44-23?,47-24?,51-25?,52-26?,55-27?. The molecule has 62 heavy (non-hydrogen) atoms. The molecular formula is C60H48O2. The minimum atomic E-state index is -0.192. The van der Waals surface area contributed by atoms with E-state index in [0.717, 1.165) is 60.9 Å². The first-order valence-corrected chi connectivity index (χ1v) is 21.4. The van der Waals surface area contributed by atoms with Gasteiger partial charge in [-0.3, -0.25) is 0 Å². The highest BCUT2D eigenvalue weighted by Gasteiger charge is 2.37. The van der Waals surface area contributed by atoms with Gasteiger partial charge in [-0.25, -0.2) is 0 Å². The molecule has 2 aromatic heterocycles. The average Bonchev–Trinajstić information content (AvgIpc) is 3.91. The average molecular weight is 801 g/mol. The highest BCUT2D eigenvalue weighted by molar-refractivity contribution is 6.11. The predicted octanol–water partition coefficient (Wildman–Crippen LogP) is 16.5. The van der Waals surface area contributed by atoms with Crippen molar-refractivity contribution in [3.63, 3.8) is 0 Å². The molecule has 0 saturated heterocycles. The van der Waals surface area contributed by atoms with Crippen molar-refractivity contribution in [2.75, 3.05) is 0 Å². The van der Waals surface area contributed by atoms with Crippen LogP contribution >= 0.6 is 0 Å². The van der Waals surface area contributed by atoms with Crippen LogP contribution in [-0.2, 0) is 10.8 Å². The number of allylic oxidation sites excluding steroid dienone is 24. The Morgan fingerprint density at radius 1 is 0.484 bits per heavy atom. The molecule has 0 bridgehead atoms. The van der Waals surface area contributed by atoms with Crippen LogP contribution in [0.3, 0.4) is 0 Å². The Kier molecular flexibility index (Phi) is 9.53. The number of fused-ring (bicyclic) bond motifs is 10. The summed E-state index contributed by atoms with van der Waals surface area (Å²) in [6, 6.07) is 24.5. The molecule has 0 N–H and O–H groups in total. The lowest BCUT2D eigenvalue weighted by Crippen LogP contribution is -2.16. The van der Waals surface area contributed by atoms with E-state index in [1.165, 1.54) is 50.1 Å². The Hall–Kier alpha value is -7.42. The van der Waals surface area contributed by atoms with Gasteiger partial charge in [0.1, 0.15) is 22.5 Å². The zero-order valence-corrected chi connectivity index (χ0v) is 35.7. The van der Waals surface area contributed by atoms with Crippen LogP contribution in [0.4, 0.5) is 0 Å². The Morgan fingerprint density at radius 2 is 1.03 bits per heavy atom. The van der Waals surface area contributed by atoms with Crippen molar-refractivity contribution in [1.29, 1.82) is 0 Å². The first-order valence-electron chi connectivity index (χ1n) is 21.4. The summed E-state index contributed by atoms with van der Waals surface area (Å²) in [4.78, 5) is 0. The zero-order valence-electron chi connectivity index (χ0n) is 35.7. The fraction of sp³-hybridized carbons (Fsp3) is 0.100. The molecule has 0 unspecified atom stereocenters. The third kappa shape index (κ3) is 6.42. The van der Waals surface area contributed by atoms with Crippen LogP contribution in [0.2, 0.25) is 0 Å². The van der Waals surface area contributed by atoms with Gasteiger partial charge in [0.15, 0.2) is 0 Å². The molecule has 2 nitrogen and oxygen atoms in total. The monoisotopic (exact) mass is 800 g/mol. The summed E-state index contributed by atoms with van der Waals surface area (Å²) in [6.45, 7) is 17.2. The second-order valence-electron chi connectivity index (χ2n) is 17.3. The SMILES string of the molecule is C=C/C=C(\C=C)c1ccc2c(c1)C(C)(C)C1=C2/C=C\C=C/c2c(oc3cc4oc5cc(-c6ccc7c(c6)C(C)(C)C6=C7\C=C/C=C\C=C/C=C/C=C/6)ccc5c4cc23)/C=C/C=C/1. The molecule has 6 aromatic rings. The van der Waals surface area contributed by atoms with Gasteiger partial charge in [-0.15, -0.1) is 0 Å². The smallest absolute Gasteiger partial charge is 0.139 e. The third-order valence-corrected chi connectivity index (χ3v) is 13.0. The van der Waals surface area contributed by atoms with Crippen molar-refractivity contribution in [2.24, 2.45) is 0 Å². The van der Waals surface area contributed by atoms with Gasteiger partial charge in [-0.2, -0.15) is 0 Å². The zero-order chi connectivity index (χ0) is 42.6. The Bertz CT molecular complexity index is 3290.